The average Bonchev–Trinajstić information content (AvgIpc) is 3.01. The van der Waals surface area contributed by atoms with Crippen LogP contribution in [0, 0.1) is 19.7 Å². The normalized spacial score (nSPS) is 10.5. The lowest BCUT2D eigenvalue weighted by Crippen LogP contribution is -2.23. The highest BCUT2D eigenvalue weighted by Gasteiger charge is 2.12. The molecule has 25 heavy (non-hydrogen) atoms. The van der Waals surface area contributed by atoms with E-state index in [0.717, 1.165) is 16.8 Å². The Balaban J connectivity index is 1.64. The summed E-state index contributed by atoms with van der Waals surface area (Å²) in [7, 11) is 0. The van der Waals surface area contributed by atoms with Gasteiger partial charge < -0.3 is 10.6 Å². The highest BCUT2D eigenvalue weighted by Crippen LogP contribution is 2.23. The van der Waals surface area contributed by atoms with Gasteiger partial charge in [0.25, 0.3) is 5.91 Å². The monoisotopic (exact) mass is 355 g/mol. The molecule has 0 aliphatic carbocycles. The van der Waals surface area contributed by atoms with Gasteiger partial charge in [-0.2, -0.15) is 0 Å². The van der Waals surface area contributed by atoms with Gasteiger partial charge in [0.05, 0.1) is 0 Å². The number of anilines is 2. The van der Waals surface area contributed by atoms with Crippen LogP contribution in [0.4, 0.5) is 15.2 Å². The maximum absolute atomic E-state index is 13.6. The molecule has 0 aliphatic heterocycles. The van der Waals surface area contributed by atoms with Crippen molar-refractivity contribution in [1.82, 2.24) is 10.3 Å². The van der Waals surface area contributed by atoms with E-state index in [2.05, 4.69) is 21.7 Å². The molecular weight excluding hydrogens is 337 g/mol. The zero-order valence-electron chi connectivity index (χ0n) is 14.0. The predicted octanol–water partition coefficient (Wildman–Crippen LogP) is 4.57. The van der Waals surface area contributed by atoms with Gasteiger partial charge >= 0.3 is 0 Å². The van der Waals surface area contributed by atoms with E-state index >= 15 is 0 Å². The molecule has 4 nitrogen and oxygen atoms in total. The molecule has 0 spiro atoms. The summed E-state index contributed by atoms with van der Waals surface area (Å²) in [5.41, 5.74) is 4.00. The quantitative estimate of drug-likeness (QED) is 0.705. The van der Waals surface area contributed by atoms with Crippen molar-refractivity contribution in [1.29, 1.82) is 0 Å². The van der Waals surface area contributed by atoms with E-state index in [1.807, 2.05) is 26.0 Å². The van der Waals surface area contributed by atoms with Crippen molar-refractivity contribution in [2.45, 2.75) is 20.4 Å². The Morgan fingerprint density at radius 2 is 1.88 bits per heavy atom. The second-order valence-electron chi connectivity index (χ2n) is 5.81. The zero-order valence-corrected chi connectivity index (χ0v) is 14.8. The molecule has 128 valence electrons. The number of hydrogen-bond donors (Lipinski definition) is 2. The minimum atomic E-state index is -0.335. The topological polar surface area (TPSA) is 54.0 Å². The second kappa shape index (κ2) is 7.44. The van der Waals surface area contributed by atoms with Crippen LogP contribution >= 0.6 is 11.3 Å². The van der Waals surface area contributed by atoms with Gasteiger partial charge in [-0.3, -0.25) is 4.79 Å². The second-order valence-corrected chi connectivity index (χ2v) is 6.67. The molecule has 3 rings (SSSR count). The van der Waals surface area contributed by atoms with Crippen molar-refractivity contribution in [2.75, 3.05) is 5.32 Å². The molecule has 0 fully saturated rings. The fourth-order valence-corrected chi connectivity index (χ4v) is 3.22. The number of rotatable bonds is 5. The third-order valence-electron chi connectivity index (χ3n) is 3.61. The molecule has 0 aliphatic rings. The summed E-state index contributed by atoms with van der Waals surface area (Å²) in [5, 5.41) is 8.22. The Labute approximate surface area is 149 Å². The molecule has 3 aromatic rings. The number of thiazole rings is 1. The Bertz CT molecular complexity index is 887. The van der Waals surface area contributed by atoms with E-state index in [-0.39, 0.29) is 18.3 Å². The van der Waals surface area contributed by atoms with Crippen LogP contribution in [0.1, 0.15) is 27.2 Å². The molecule has 2 aromatic carbocycles. The summed E-state index contributed by atoms with van der Waals surface area (Å²) in [5.74, 6) is -0.661. The van der Waals surface area contributed by atoms with Crippen LogP contribution < -0.4 is 10.6 Å². The van der Waals surface area contributed by atoms with Gasteiger partial charge in [-0.1, -0.05) is 24.3 Å². The van der Waals surface area contributed by atoms with Gasteiger partial charge in [0.15, 0.2) is 5.13 Å². The van der Waals surface area contributed by atoms with Crippen LogP contribution in [-0.2, 0) is 6.54 Å². The number of hydrogen-bond acceptors (Lipinski definition) is 4. The van der Waals surface area contributed by atoms with Crippen LogP contribution in [0.2, 0.25) is 0 Å². The number of carbonyl (C=O) groups is 1. The first kappa shape index (κ1) is 17.1. The molecule has 1 heterocycles. The Hall–Kier alpha value is -2.73. The smallest absolute Gasteiger partial charge is 0.271 e. The van der Waals surface area contributed by atoms with Gasteiger partial charge in [-0.05, 0) is 43.2 Å². The molecule has 2 N–H and O–H groups in total. The number of nitrogens with zero attached hydrogens (tertiary/aromatic N) is 1. The summed E-state index contributed by atoms with van der Waals surface area (Å²) in [6.07, 6.45) is 0. The van der Waals surface area contributed by atoms with Crippen molar-refractivity contribution in [3.63, 3.8) is 0 Å². The maximum Gasteiger partial charge on any atom is 0.271 e. The van der Waals surface area contributed by atoms with E-state index in [9.17, 15) is 9.18 Å². The van der Waals surface area contributed by atoms with E-state index in [1.165, 1.54) is 17.4 Å². The fourth-order valence-electron chi connectivity index (χ4n) is 2.51. The minimum absolute atomic E-state index is 0.128. The van der Waals surface area contributed by atoms with Crippen molar-refractivity contribution >= 4 is 28.1 Å². The highest BCUT2D eigenvalue weighted by molar-refractivity contribution is 7.14. The minimum Gasteiger partial charge on any atom is -0.346 e. The number of carbonyl (C=O) groups excluding carboxylic acids is 1. The fraction of sp³-hybridized carbons (Fsp3) is 0.158. The van der Waals surface area contributed by atoms with Gasteiger partial charge in [0.1, 0.15) is 11.5 Å². The summed E-state index contributed by atoms with van der Waals surface area (Å²) < 4.78 is 13.6. The Kier molecular flexibility index (Phi) is 5.09. The third kappa shape index (κ3) is 4.42. The Morgan fingerprint density at radius 3 is 2.60 bits per heavy atom. The molecule has 0 unspecified atom stereocenters. The molecule has 0 saturated heterocycles. The van der Waals surface area contributed by atoms with Crippen LogP contribution in [0.5, 0.6) is 0 Å². The number of benzene rings is 2. The molecule has 0 radical (unpaired) electrons. The molecule has 6 heteroatoms. The molecule has 1 aromatic heterocycles. The van der Waals surface area contributed by atoms with E-state index in [0.29, 0.717) is 16.4 Å². The van der Waals surface area contributed by atoms with Gasteiger partial charge in [0.2, 0.25) is 0 Å². The molecule has 1 amide bonds. The van der Waals surface area contributed by atoms with Gasteiger partial charge in [0, 0.05) is 23.2 Å². The lowest BCUT2D eigenvalue weighted by molar-refractivity contribution is 0.0946. The SMILES string of the molecule is Cc1cc(C)cc(Nc2nc(C(=O)NCc3ccccc3F)cs2)c1. The van der Waals surface area contributed by atoms with Crippen LogP contribution in [-0.4, -0.2) is 10.9 Å². The molecular formula is C19H18FN3OS. The third-order valence-corrected chi connectivity index (χ3v) is 4.36. The molecule has 0 saturated carbocycles. The van der Waals surface area contributed by atoms with E-state index in [4.69, 9.17) is 0 Å². The molecule has 0 atom stereocenters. The number of halogens is 1. The lowest BCUT2D eigenvalue weighted by Gasteiger charge is -2.06. The van der Waals surface area contributed by atoms with Crippen molar-refractivity contribution in [3.05, 3.63) is 76.0 Å². The average molecular weight is 355 g/mol. The number of aryl methyl sites for hydroxylation is 2. The number of aromatic nitrogens is 1. The first-order valence-electron chi connectivity index (χ1n) is 7.84. The first-order valence-corrected chi connectivity index (χ1v) is 8.71. The van der Waals surface area contributed by atoms with E-state index in [1.54, 1.807) is 23.6 Å². The number of nitrogens with one attached hydrogen (secondary N) is 2. The Morgan fingerprint density at radius 1 is 1.16 bits per heavy atom. The predicted molar refractivity (Wildman–Crippen MR) is 98.9 cm³/mol. The highest BCUT2D eigenvalue weighted by atomic mass is 32.1. The summed E-state index contributed by atoms with van der Waals surface area (Å²) in [6, 6.07) is 12.5. The van der Waals surface area contributed by atoms with Crippen LogP contribution in [0.15, 0.2) is 47.8 Å². The van der Waals surface area contributed by atoms with Gasteiger partial charge in [-0.25, -0.2) is 9.37 Å². The zero-order chi connectivity index (χ0) is 17.8. The van der Waals surface area contributed by atoms with Gasteiger partial charge in [-0.15, -0.1) is 11.3 Å². The van der Waals surface area contributed by atoms with Crippen LogP contribution in [0.25, 0.3) is 0 Å². The largest absolute Gasteiger partial charge is 0.346 e. The first-order chi connectivity index (χ1) is 12.0. The standard InChI is InChI=1S/C19H18FN3OS/c1-12-7-13(2)9-15(8-12)22-19-23-17(11-25-19)18(24)21-10-14-5-3-4-6-16(14)20/h3-9,11H,10H2,1-2H3,(H,21,24)(H,22,23). The molecule has 0 bridgehead atoms. The number of amides is 1. The van der Waals surface area contributed by atoms with Crippen molar-refractivity contribution in [3.8, 4) is 0 Å². The van der Waals surface area contributed by atoms with Crippen molar-refractivity contribution in [2.24, 2.45) is 0 Å². The lowest BCUT2D eigenvalue weighted by atomic mass is 10.1. The summed E-state index contributed by atoms with van der Waals surface area (Å²) in [4.78, 5) is 16.5. The summed E-state index contributed by atoms with van der Waals surface area (Å²) in [6.45, 7) is 4.19. The maximum atomic E-state index is 13.6. The van der Waals surface area contributed by atoms with E-state index < -0.39 is 0 Å². The summed E-state index contributed by atoms with van der Waals surface area (Å²) >= 11 is 1.35. The van der Waals surface area contributed by atoms with Crippen LogP contribution in [0.3, 0.4) is 0 Å². The van der Waals surface area contributed by atoms with Crippen molar-refractivity contribution < 1.29 is 9.18 Å².